The van der Waals surface area contributed by atoms with Gasteiger partial charge >= 0.3 is 0 Å². The summed E-state index contributed by atoms with van der Waals surface area (Å²) in [4.78, 5) is 12.7. The Morgan fingerprint density at radius 2 is 1.79 bits per heavy atom. The molecule has 33 heavy (non-hydrogen) atoms. The monoisotopic (exact) mass is 462 g/mol. The van der Waals surface area contributed by atoms with Crippen molar-refractivity contribution in [3.63, 3.8) is 0 Å². The van der Waals surface area contributed by atoms with Crippen molar-refractivity contribution in [2.75, 3.05) is 0 Å². The van der Waals surface area contributed by atoms with Gasteiger partial charge in [0.1, 0.15) is 11.6 Å². The fourth-order valence-electron chi connectivity index (χ4n) is 3.64. The minimum atomic E-state index is -0.0989. The molecule has 0 saturated heterocycles. The highest BCUT2D eigenvalue weighted by Crippen LogP contribution is 2.24. The van der Waals surface area contributed by atoms with Gasteiger partial charge in [0.2, 0.25) is 5.78 Å². The Morgan fingerprint density at radius 1 is 1.00 bits per heavy atom. The third-order valence-corrected chi connectivity index (χ3v) is 6.22. The Kier molecular flexibility index (Phi) is 5.37. The van der Waals surface area contributed by atoms with Crippen LogP contribution < -0.4 is 10.3 Å². The normalized spacial score (nSPS) is 11.5. The van der Waals surface area contributed by atoms with Gasteiger partial charge in [-0.05, 0) is 50.1 Å². The van der Waals surface area contributed by atoms with Crippen LogP contribution in [0.4, 0.5) is 0 Å². The molecule has 10 heteroatoms. The molecule has 0 N–H and O–H groups in total. The summed E-state index contributed by atoms with van der Waals surface area (Å²) in [5, 5.41) is 17.8. The third kappa shape index (κ3) is 3.97. The quantitative estimate of drug-likeness (QED) is 0.352. The number of fused-ring (bicyclic) bond motifs is 3. The van der Waals surface area contributed by atoms with Gasteiger partial charge in [-0.2, -0.15) is 0 Å². The zero-order chi connectivity index (χ0) is 23.1. The number of benzene rings is 2. The van der Waals surface area contributed by atoms with Gasteiger partial charge in [-0.25, -0.2) is 0 Å². The molecule has 168 valence electrons. The molecule has 9 nitrogen and oxygen atoms in total. The van der Waals surface area contributed by atoms with Gasteiger partial charge in [-0.15, -0.1) is 20.4 Å². The van der Waals surface area contributed by atoms with Gasteiger partial charge < -0.3 is 9.15 Å². The molecule has 2 aromatic carbocycles. The van der Waals surface area contributed by atoms with Gasteiger partial charge in [-0.3, -0.25) is 13.8 Å². The Bertz CT molecular complexity index is 1550. The maximum absolute atomic E-state index is 12.7. The lowest BCUT2D eigenvalue weighted by Crippen LogP contribution is -2.20. The van der Waals surface area contributed by atoms with Crippen LogP contribution in [0, 0.1) is 20.8 Å². The fourth-order valence-corrected chi connectivity index (χ4v) is 4.33. The number of hydrogen-bond donors (Lipinski definition) is 0. The summed E-state index contributed by atoms with van der Waals surface area (Å²) in [6.07, 6.45) is 0. The topological polar surface area (TPSA) is 100 Å². The Balaban J connectivity index is 1.36. The van der Waals surface area contributed by atoms with Crippen molar-refractivity contribution < 1.29 is 9.15 Å². The van der Waals surface area contributed by atoms with E-state index < -0.39 is 0 Å². The van der Waals surface area contributed by atoms with Gasteiger partial charge in [0.05, 0.1) is 16.7 Å². The van der Waals surface area contributed by atoms with E-state index in [0.717, 1.165) is 28.0 Å². The highest BCUT2D eigenvalue weighted by Gasteiger charge is 2.16. The molecule has 0 aliphatic carbocycles. The van der Waals surface area contributed by atoms with Crippen LogP contribution in [-0.2, 0) is 19.4 Å². The van der Waals surface area contributed by atoms with Crippen LogP contribution in [0.25, 0.3) is 16.7 Å². The van der Waals surface area contributed by atoms with Crippen molar-refractivity contribution in [2.24, 2.45) is 7.05 Å². The minimum absolute atomic E-state index is 0.0989. The highest BCUT2D eigenvalue weighted by atomic mass is 32.2. The summed E-state index contributed by atoms with van der Waals surface area (Å²) in [6, 6.07) is 11.8. The average molecular weight is 463 g/mol. The van der Waals surface area contributed by atoms with Gasteiger partial charge in [0.15, 0.2) is 6.61 Å². The molecule has 0 saturated carbocycles. The van der Waals surface area contributed by atoms with Crippen LogP contribution in [0.3, 0.4) is 0 Å². The molecule has 0 bridgehead atoms. The van der Waals surface area contributed by atoms with Crippen LogP contribution in [0.2, 0.25) is 0 Å². The number of rotatable bonds is 6. The van der Waals surface area contributed by atoms with Crippen LogP contribution in [0.5, 0.6) is 5.75 Å². The van der Waals surface area contributed by atoms with E-state index in [2.05, 4.69) is 20.4 Å². The molecule has 5 rings (SSSR count). The predicted octanol–water partition coefficient (Wildman–Crippen LogP) is 3.76. The zero-order valence-electron chi connectivity index (χ0n) is 18.7. The van der Waals surface area contributed by atoms with E-state index in [1.165, 1.54) is 16.3 Å². The van der Waals surface area contributed by atoms with Crippen molar-refractivity contribution in [1.82, 2.24) is 29.4 Å². The summed E-state index contributed by atoms with van der Waals surface area (Å²) in [5.74, 6) is 2.81. The number of hydrogen-bond acceptors (Lipinski definition) is 8. The SMILES string of the molecule is Cc1ccc(C)c(OCc2nnc(SCc3nnc4n(C)c(=O)c5cc(C)ccc5n34)o2)c1. The third-order valence-electron chi connectivity index (χ3n) is 5.41. The summed E-state index contributed by atoms with van der Waals surface area (Å²) < 4.78 is 15.0. The number of nitrogens with zero attached hydrogens (tertiary/aromatic N) is 6. The first kappa shape index (κ1) is 21.2. The second-order valence-corrected chi connectivity index (χ2v) is 8.87. The van der Waals surface area contributed by atoms with Gasteiger partial charge in [-0.1, -0.05) is 35.5 Å². The Morgan fingerprint density at radius 3 is 2.64 bits per heavy atom. The van der Waals surface area contributed by atoms with Crippen LogP contribution in [0.15, 0.2) is 50.8 Å². The lowest BCUT2D eigenvalue weighted by Gasteiger charge is -2.08. The van der Waals surface area contributed by atoms with Gasteiger partial charge in [0.25, 0.3) is 16.7 Å². The van der Waals surface area contributed by atoms with Gasteiger partial charge in [0, 0.05) is 7.05 Å². The number of aromatic nitrogens is 6. The van der Waals surface area contributed by atoms with Crippen molar-refractivity contribution in [1.29, 1.82) is 0 Å². The number of aryl methyl sites for hydroxylation is 4. The molecule has 0 unspecified atom stereocenters. The zero-order valence-corrected chi connectivity index (χ0v) is 19.5. The molecule has 3 aromatic heterocycles. The smallest absolute Gasteiger partial charge is 0.277 e. The van der Waals surface area contributed by atoms with Crippen LogP contribution in [-0.4, -0.2) is 29.4 Å². The van der Waals surface area contributed by atoms with Crippen molar-refractivity contribution in [2.45, 2.75) is 38.4 Å². The first-order chi connectivity index (χ1) is 15.9. The standard InChI is InChI=1S/C23H22N6O3S/c1-13-6-8-17-16(9-13)21(30)28(4)22-26-24-19(29(17)22)12-33-23-27-25-20(32-23)11-31-18-10-14(2)5-7-15(18)3/h5-10H,11-12H2,1-4H3. The summed E-state index contributed by atoms with van der Waals surface area (Å²) >= 11 is 1.36. The lowest BCUT2D eigenvalue weighted by atomic mass is 10.1. The summed E-state index contributed by atoms with van der Waals surface area (Å²) in [5.41, 5.74) is 3.86. The molecule has 0 fully saturated rings. The van der Waals surface area contributed by atoms with Crippen molar-refractivity contribution in [3.05, 3.63) is 75.2 Å². The van der Waals surface area contributed by atoms with E-state index in [1.807, 2.05) is 61.6 Å². The fraction of sp³-hybridized carbons (Fsp3) is 0.261. The average Bonchev–Trinajstić information content (AvgIpc) is 3.43. The molecule has 0 atom stereocenters. The second kappa shape index (κ2) is 8.36. The van der Waals surface area contributed by atoms with E-state index in [0.29, 0.717) is 33.9 Å². The van der Waals surface area contributed by atoms with E-state index in [9.17, 15) is 4.79 Å². The molecule has 0 spiro atoms. The summed E-state index contributed by atoms with van der Waals surface area (Å²) in [6.45, 7) is 6.17. The second-order valence-electron chi connectivity index (χ2n) is 7.94. The van der Waals surface area contributed by atoms with Crippen molar-refractivity contribution >= 4 is 28.4 Å². The first-order valence-electron chi connectivity index (χ1n) is 10.4. The minimum Gasteiger partial charge on any atom is -0.484 e. The number of ether oxygens (including phenoxy) is 1. The van der Waals surface area contributed by atoms with Crippen molar-refractivity contribution in [3.8, 4) is 5.75 Å². The van der Waals surface area contributed by atoms with E-state index in [1.54, 1.807) is 7.05 Å². The largest absolute Gasteiger partial charge is 0.484 e. The lowest BCUT2D eigenvalue weighted by molar-refractivity contribution is 0.250. The molecule has 0 amide bonds. The highest BCUT2D eigenvalue weighted by molar-refractivity contribution is 7.98. The molecule has 0 aliphatic heterocycles. The molecule has 0 aliphatic rings. The molecule has 5 aromatic rings. The maximum Gasteiger partial charge on any atom is 0.277 e. The van der Waals surface area contributed by atoms with E-state index >= 15 is 0 Å². The van der Waals surface area contributed by atoms with E-state index in [-0.39, 0.29) is 12.2 Å². The molecular weight excluding hydrogens is 440 g/mol. The van der Waals surface area contributed by atoms with E-state index in [4.69, 9.17) is 9.15 Å². The molecular formula is C23H22N6O3S. The Labute approximate surface area is 193 Å². The molecule has 0 radical (unpaired) electrons. The van der Waals surface area contributed by atoms with Crippen LogP contribution >= 0.6 is 11.8 Å². The maximum atomic E-state index is 12.7. The predicted molar refractivity (Wildman–Crippen MR) is 125 cm³/mol. The number of thioether (sulfide) groups is 1. The van der Waals surface area contributed by atoms with Crippen LogP contribution in [0.1, 0.15) is 28.4 Å². The first-order valence-corrected chi connectivity index (χ1v) is 11.4. The Hall–Kier alpha value is -3.66. The molecule has 3 heterocycles. The summed E-state index contributed by atoms with van der Waals surface area (Å²) in [7, 11) is 1.70.